The van der Waals surface area contributed by atoms with Gasteiger partial charge in [0.2, 0.25) is 0 Å². The number of aromatic nitrogens is 2. The number of H-pyrrole nitrogens is 1. The van der Waals surface area contributed by atoms with Gasteiger partial charge in [0.05, 0.1) is 10.6 Å². The van der Waals surface area contributed by atoms with Gasteiger partial charge in [0.15, 0.2) is 0 Å². The fraction of sp³-hybridized carbons (Fsp3) is 0.273. The molecule has 2 heterocycles. The Kier molecular flexibility index (Phi) is 2.68. The summed E-state index contributed by atoms with van der Waals surface area (Å²) in [4.78, 5) is 19.9. The highest BCUT2D eigenvalue weighted by Crippen LogP contribution is 2.23. The Labute approximate surface area is 91.8 Å². The number of aromatic amines is 1. The van der Waals surface area contributed by atoms with Gasteiger partial charge in [-0.25, -0.2) is 4.98 Å². The van der Waals surface area contributed by atoms with Gasteiger partial charge in [0.1, 0.15) is 5.82 Å². The maximum Gasteiger partial charge on any atom is 0.254 e. The summed E-state index contributed by atoms with van der Waals surface area (Å²) in [6.45, 7) is 3.78. The standard InChI is InChI=1S/C11H12N2OS/c1-3-9-12-10(7(2)11(14)13-9)8-5-4-6-15-8/h4-6H,3H2,1-2H3,(H,12,13,14). The first-order chi connectivity index (χ1) is 7.22. The smallest absolute Gasteiger partial charge is 0.254 e. The molecule has 0 aliphatic carbocycles. The average molecular weight is 220 g/mol. The Morgan fingerprint density at radius 1 is 1.53 bits per heavy atom. The molecule has 0 aliphatic rings. The van der Waals surface area contributed by atoms with Crippen LogP contribution < -0.4 is 5.56 Å². The van der Waals surface area contributed by atoms with E-state index in [2.05, 4.69) is 9.97 Å². The molecule has 3 nitrogen and oxygen atoms in total. The second kappa shape index (κ2) is 3.98. The van der Waals surface area contributed by atoms with Crippen LogP contribution in [0.4, 0.5) is 0 Å². The third kappa shape index (κ3) is 1.85. The van der Waals surface area contributed by atoms with E-state index in [-0.39, 0.29) is 5.56 Å². The van der Waals surface area contributed by atoms with E-state index in [1.54, 1.807) is 18.3 Å². The molecular formula is C11H12N2OS. The van der Waals surface area contributed by atoms with Gasteiger partial charge in [-0.3, -0.25) is 4.79 Å². The first-order valence-corrected chi connectivity index (χ1v) is 5.74. The lowest BCUT2D eigenvalue weighted by molar-refractivity contribution is 0.913. The molecule has 0 fully saturated rings. The molecule has 0 radical (unpaired) electrons. The van der Waals surface area contributed by atoms with Crippen LogP contribution in [0.15, 0.2) is 22.3 Å². The van der Waals surface area contributed by atoms with Crippen molar-refractivity contribution in [1.29, 1.82) is 0 Å². The Balaban J connectivity index is 2.65. The van der Waals surface area contributed by atoms with Crippen LogP contribution in [0.5, 0.6) is 0 Å². The zero-order chi connectivity index (χ0) is 10.8. The predicted octanol–water partition coefficient (Wildman–Crippen LogP) is 2.37. The number of nitrogens with zero attached hydrogens (tertiary/aromatic N) is 1. The first kappa shape index (κ1) is 10.1. The molecule has 78 valence electrons. The maximum absolute atomic E-state index is 11.6. The summed E-state index contributed by atoms with van der Waals surface area (Å²) in [6.07, 6.45) is 0.744. The van der Waals surface area contributed by atoms with Gasteiger partial charge in [-0.15, -0.1) is 11.3 Å². The molecule has 0 atom stereocenters. The lowest BCUT2D eigenvalue weighted by Crippen LogP contribution is -2.15. The number of aryl methyl sites for hydroxylation is 1. The lowest BCUT2D eigenvalue weighted by Gasteiger charge is -2.03. The van der Waals surface area contributed by atoms with Gasteiger partial charge in [-0.2, -0.15) is 0 Å². The molecule has 0 spiro atoms. The molecule has 15 heavy (non-hydrogen) atoms. The number of rotatable bonds is 2. The number of hydrogen-bond acceptors (Lipinski definition) is 3. The summed E-state index contributed by atoms with van der Waals surface area (Å²) < 4.78 is 0. The number of nitrogens with one attached hydrogen (secondary N) is 1. The van der Waals surface area contributed by atoms with E-state index in [0.29, 0.717) is 5.56 Å². The second-order valence-electron chi connectivity index (χ2n) is 3.32. The van der Waals surface area contributed by atoms with Crippen LogP contribution in [0.2, 0.25) is 0 Å². The summed E-state index contributed by atoms with van der Waals surface area (Å²) in [7, 11) is 0. The molecule has 2 aromatic rings. The Morgan fingerprint density at radius 3 is 2.93 bits per heavy atom. The van der Waals surface area contributed by atoms with Crippen LogP contribution in [0.3, 0.4) is 0 Å². The van der Waals surface area contributed by atoms with Gasteiger partial charge >= 0.3 is 0 Å². The van der Waals surface area contributed by atoms with Crippen molar-refractivity contribution in [3.05, 3.63) is 39.3 Å². The summed E-state index contributed by atoms with van der Waals surface area (Å²) in [5, 5.41) is 1.99. The zero-order valence-corrected chi connectivity index (χ0v) is 9.52. The van der Waals surface area contributed by atoms with Gasteiger partial charge < -0.3 is 4.98 Å². The van der Waals surface area contributed by atoms with Crippen LogP contribution in [-0.2, 0) is 6.42 Å². The molecular weight excluding hydrogens is 208 g/mol. The summed E-state index contributed by atoms with van der Waals surface area (Å²) >= 11 is 1.60. The molecule has 0 saturated heterocycles. The van der Waals surface area contributed by atoms with Crippen LogP contribution in [-0.4, -0.2) is 9.97 Å². The summed E-state index contributed by atoms with van der Waals surface area (Å²) in [6, 6.07) is 3.95. The molecule has 2 rings (SSSR count). The van der Waals surface area contributed by atoms with Gasteiger partial charge in [-0.1, -0.05) is 13.0 Å². The van der Waals surface area contributed by atoms with Gasteiger partial charge in [-0.05, 0) is 18.4 Å². The van der Waals surface area contributed by atoms with E-state index in [1.807, 2.05) is 24.4 Å². The second-order valence-corrected chi connectivity index (χ2v) is 4.26. The lowest BCUT2D eigenvalue weighted by atomic mass is 10.2. The molecule has 0 bridgehead atoms. The quantitative estimate of drug-likeness (QED) is 0.844. The Morgan fingerprint density at radius 2 is 2.33 bits per heavy atom. The van der Waals surface area contributed by atoms with E-state index in [4.69, 9.17) is 0 Å². The average Bonchev–Trinajstić information content (AvgIpc) is 2.75. The number of thiophene rings is 1. The van der Waals surface area contributed by atoms with Crippen molar-refractivity contribution in [3.8, 4) is 10.6 Å². The monoisotopic (exact) mass is 220 g/mol. The summed E-state index contributed by atoms with van der Waals surface area (Å²) in [5.74, 6) is 0.744. The molecule has 0 saturated carbocycles. The molecule has 0 aromatic carbocycles. The fourth-order valence-corrected chi connectivity index (χ4v) is 2.17. The van der Waals surface area contributed by atoms with Crippen molar-refractivity contribution in [2.45, 2.75) is 20.3 Å². The van der Waals surface area contributed by atoms with Crippen molar-refractivity contribution in [2.24, 2.45) is 0 Å². The molecule has 2 aromatic heterocycles. The normalized spacial score (nSPS) is 10.5. The maximum atomic E-state index is 11.6. The minimum Gasteiger partial charge on any atom is -0.310 e. The molecule has 0 unspecified atom stereocenters. The van der Waals surface area contributed by atoms with E-state index in [1.165, 1.54) is 0 Å². The molecule has 1 N–H and O–H groups in total. The van der Waals surface area contributed by atoms with Crippen molar-refractivity contribution in [3.63, 3.8) is 0 Å². The van der Waals surface area contributed by atoms with Gasteiger partial charge in [0, 0.05) is 12.0 Å². The third-order valence-electron chi connectivity index (χ3n) is 2.29. The van der Waals surface area contributed by atoms with E-state index in [0.717, 1.165) is 22.8 Å². The van der Waals surface area contributed by atoms with E-state index >= 15 is 0 Å². The summed E-state index contributed by atoms with van der Waals surface area (Å²) in [5.41, 5.74) is 1.46. The zero-order valence-electron chi connectivity index (χ0n) is 8.70. The fourth-order valence-electron chi connectivity index (χ4n) is 1.40. The number of hydrogen-bond donors (Lipinski definition) is 1. The topological polar surface area (TPSA) is 45.8 Å². The third-order valence-corrected chi connectivity index (χ3v) is 3.17. The first-order valence-electron chi connectivity index (χ1n) is 4.86. The minimum absolute atomic E-state index is 0.0368. The van der Waals surface area contributed by atoms with Crippen LogP contribution >= 0.6 is 11.3 Å². The SMILES string of the molecule is CCc1nc(-c2cccs2)c(C)c(=O)[nH]1. The van der Waals surface area contributed by atoms with Crippen molar-refractivity contribution in [2.75, 3.05) is 0 Å². The molecule has 4 heteroatoms. The van der Waals surface area contributed by atoms with Crippen LogP contribution in [0.25, 0.3) is 10.6 Å². The minimum atomic E-state index is -0.0368. The van der Waals surface area contributed by atoms with Crippen LogP contribution in [0.1, 0.15) is 18.3 Å². The van der Waals surface area contributed by atoms with Crippen molar-refractivity contribution >= 4 is 11.3 Å². The highest BCUT2D eigenvalue weighted by Gasteiger charge is 2.09. The van der Waals surface area contributed by atoms with Crippen LogP contribution in [0, 0.1) is 6.92 Å². The highest BCUT2D eigenvalue weighted by molar-refractivity contribution is 7.13. The molecule has 0 aliphatic heterocycles. The Hall–Kier alpha value is -1.42. The van der Waals surface area contributed by atoms with Gasteiger partial charge in [0.25, 0.3) is 5.56 Å². The van der Waals surface area contributed by atoms with Crippen molar-refractivity contribution < 1.29 is 0 Å². The van der Waals surface area contributed by atoms with Crippen molar-refractivity contribution in [1.82, 2.24) is 9.97 Å². The van der Waals surface area contributed by atoms with E-state index < -0.39 is 0 Å². The largest absolute Gasteiger partial charge is 0.310 e. The molecule has 0 amide bonds. The highest BCUT2D eigenvalue weighted by atomic mass is 32.1. The van der Waals surface area contributed by atoms with E-state index in [9.17, 15) is 4.79 Å². The Bertz CT molecular complexity index is 514. The predicted molar refractivity (Wildman–Crippen MR) is 62.3 cm³/mol.